The lowest BCUT2D eigenvalue weighted by atomic mass is 10.0. The van der Waals surface area contributed by atoms with Gasteiger partial charge in [-0.1, -0.05) is 25.1 Å². The summed E-state index contributed by atoms with van der Waals surface area (Å²) in [7, 11) is 3.99. The molecule has 2 heterocycles. The number of aromatic amines is 1. The molecule has 3 rings (SSSR count). The third kappa shape index (κ3) is 3.92. The minimum absolute atomic E-state index is 0.0574. The molecule has 9 heteroatoms. The normalized spacial score (nSPS) is 16.5. The topological polar surface area (TPSA) is 109 Å². The monoisotopic (exact) mass is 371 g/mol. The van der Waals surface area contributed by atoms with Gasteiger partial charge in [-0.3, -0.25) is 15.0 Å². The summed E-state index contributed by atoms with van der Waals surface area (Å²) in [5.41, 5.74) is 5.25. The second kappa shape index (κ2) is 7.75. The van der Waals surface area contributed by atoms with Gasteiger partial charge in [-0.15, -0.1) is 5.11 Å². The minimum atomic E-state index is -0.481. The van der Waals surface area contributed by atoms with Crippen molar-refractivity contribution in [3.05, 3.63) is 35.8 Å². The largest absolute Gasteiger partial charge is 0.376 e. The Labute approximate surface area is 157 Å². The molecule has 144 valence electrons. The number of H-pyrrole nitrogens is 1. The number of amides is 1. The van der Waals surface area contributed by atoms with E-state index >= 15 is 0 Å². The van der Waals surface area contributed by atoms with Crippen LogP contribution in [0.1, 0.15) is 32.1 Å². The molecule has 1 atom stereocenters. The number of hydrogen-bond donors (Lipinski definition) is 3. The molecule has 0 spiro atoms. The summed E-state index contributed by atoms with van der Waals surface area (Å²) in [6.07, 6.45) is 1.72. The summed E-state index contributed by atoms with van der Waals surface area (Å²) in [4.78, 5) is 21.5. The van der Waals surface area contributed by atoms with Crippen LogP contribution in [0, 0.1) is 5.92 Å². The first kappa shape index (κ1) is 18.8. The zero-order chi connectivity index (χ0) is 19.6. The van der Waals surface area contributed by atoms with Crippen LogP contribution >= 0.6 is 0 Å². The fraction of sp³-hybridized carbons (Fsp3) is 0.444. The number of aromatic nitrogens is 2. The number of carbonyl (C=O) groups is 1. The van der Waals surface area contributed by atoms with E-state index in [-0.39, 0.29) is 18.4 Å². The van der Waals surface area contributed by atoms with Crippen LogP contribution in [0.25, 0.3) is 11.0 Å². The SMILES string of the molecule is CC(C)C(c1nc2c(N(C)C)cccc2[nH]1)N1C/C(=C/CC(=O)NO)N=N1. The lowest BCUT2D eigenvalue weighted by molar-refractivity contribution is -0.128. The molecule has 2 aromatic rings. The first-order valence-electron chi connectivity index (χ1n) is 8.87. The van der Waals surface area contributed by atoms with Gasteiger partial charge >= 0.3 is 0 Å². The molecule has 1 unspecified atom stereocenters. The molecule has 1 aromatic heterocycles. The first-order valence-corrected chi connectivity index (χ1v) is 8.87. The van der Waals surface area contributed by atoms with Crippen molar-refractivity contribution in [3.8, 4) is 0 Å². The van der Waals surface area contributed by atoms with Gasteiger partial charge < -0.3 is 9.88 Å². The first-order chi connectivity index (χ1) is 12.9. The summed E-state index contributed by atoms with van der Waals surface area (Å²) in [6.45, 7) is 4.71. The predicted octanol–water partition coefficient (Wildman–Crippen LogP) is 2.79. The van der Waals surface area contributed by atoms with Crippen molar-refractivity contribution in [3.63, 3.8) is 0 Å². The number of hydrogen-bond acceptors (Lipinski definition) is 7. The smallest absolute Gasteiger partial charge is 0.247 e. The van der Waals surface area contributed by atoms with Crippen molar-refractivity contribution in [1.29, 1.82) is 0 Å². The Morgan fingerprint density at radius 2 is 2.22 bits per heavy atom. The van der Waals surface area contributed by atoms with E-state index in [1.165, 1.54) is 0 Å². The van der Waals surface area contributed by atoms with E-state index < -0.39 is 5.91 Å². The standard InChI is InChI=1S/C18H25N7O2/c1-11(2)17(25-10-12(21-23-25)8-9-15(26)22-27)18-19-13-6-5-7-14(24(3)4)16(13)20-18/h5-8,11,17,27H,9-10H2,1-4H3,(H,19,20)(H,22,26)/b12-8-. The highest BCUT2D eigenvalue weighted by Crippen LogP contribution is 2.33. The third-order valence-electron chi connectivity index (χ3n) is 4.48. The van der Waals surface area contributed by atoms with Crippen molar-refractivity contribution in [2.24, 2.45) is 16.3 Å². The Bertz CT molecular complexity index is 885. The molecule has 3 N–H and O–H groups in total. The zero-order valence-corrected chi connectivity index (χ0v) is 16.0. The van der Waals surface area contributed by atoms with E-state index in [9.17, 15) is 4.79 Å². The van der Waals surface area contributed by atoms with Crippen molar-refractivity contribution in [1.82, 2.24) is 20.5 Å². The Balaban J connectivity index is 1.87. The van der Waals surface area contributed by atoms with Crippen LogP contribution in [0.15, 0.2) is 40.3 Å². The molecular formula is C18H25N7O2. The van der Waals surface area contributed by atoms with Crippen LogP contribution in [-0.4, -0.2) is 46.7 Å². The second-order valence-electron chi connectivity index (χ2n) is 7.10. The second-order valence-corrected chi connectivity index (χ2v) is 7.10. The number of nitrogens with one attached hydrogen (secondary N) is 2. The van der Waals surface area contributed by atoms with E-state index in [1.54, 1.807) is 11.6 Å². The van der Waals surface area contributed by atoms with Crippen molar-refractivity contribution >= 4 is 22.6 Å². The van der Waals surface area contributed by atoms with Crippen molar-refractivity contribution in [2.75, 3.05) is 25.5 Å². The maximum absolute atomic E-state index is 11.2. The van der Waals surface area contributed by atoms with Gasteiger partial charge in [-0.2, -0.15) is 0 Å². The lowest BCUT2D eigenvalue weighted by Gasteiger charge is -2.26. The highest BCUT2D eigenvalue weighted by atomic mass is 16.5. The Kier molecular flexibility index (Phi) is 5.41. The van der Waals surface area contributed by atoms with Gasteiger partial charge in [0.05, 0.1) is 23.4 Å². The van der Waals surface area contributed by atoms with Gasteiger partial charge in [0.2, 0.25) is 5.91 Å². The van der Waals surface area contributed by atoms with Crippen LogP contribution in [0.2, 0.25) is 0 Å². The summed E-state index contributed by atoms with van der Waals surface area (Å²) < 4.78 is 0. The average molecular weight is 371 g/mol. The van der Waals surface area contributed by atoms with Crippen LogP contribution in [0.5, 0.6) is 0 Å². The van der Waals surface area contributed by atoms with Crippen LogP contribution < -0.4 is 10.4 Å². The van der Waals surface area contributed by atoms with Gasteiger partial charge in [0, 0.05) is 20.5 Å². The molecule has 1 aromatic carbocycles. The van der Waals surface area contributed by atoms with E-state index in [2.05, 4.69) is 29.2 Å². The number of nitrogens with zero attached hydrogens (tertiary/aromatic N) is 5. The number of fused-ring (bicyclic) bond motifs is 1. The number of para-hydroxylation sites is 1. The summed E-state index contributed by atoms with van der Waals surface area (Å²) >= 11 is 0. The predicted molar refractivity (Wildman–Crippen MR) is 102 cm³/mol. The summed E-state index contributed by atoms with van der Waals surface area (Å²) in [5, 5.41) is 18.9. The molecule has 0 saturated heterocycles. The number of carbonyl (C=O) groups excluding carboxylic acids is 1. The van der Waals surface area contributed by atoms with Crippen LogP contribution in [-0.2, 0) is 4.79 Å². The number of anilines is 1. The molecule has 0 saturated carbocycles. The van der Waals surface area contributed by atoms with E-state index in [0.717, 1.165) is 22.5 Å². The van der Waals surface area contributed by atoms with E-state index in [4.69, 9.17) is 10.2 Å². The van der Waals surface area contributed by atoms with Gasteiger partial charge in [-0.25, -0.2) is 10.5 Å². The van der Waals surface area contributed by atoms with Gasteiger partial charge in [-0.05, 0) is 24.1 Å². The van der Waals surface area contributed by atoms with Crippen LogP contribution in [0.3, 0.4) is 0 Å². The number of hydroxylamine groups is 1. The molecule has 27 heavy (non-hydrogen) atoms. The molecule has 9 nitrogen and oxygen atoms in total. The summed E-state index contributed by atoms with van der Waals surface area (Å²) in [6, 6.07) is 5.99. The molecular weight excluding hydrogens is 346 g/mol. The van der Waals surface area contributed by atoms with Gasteiger partial charge in [0.25, 0.3) is 0 Å². The summed E-state index contributed by atoms with van der Waals surface area (Å²) in [5.74, 6) is 0.597. The Morgan fingerprint density at radius 3 is 2.89 bits per heavy atom. The van der Waals surface area contributed by atoms with Crippen LogP contribution in [0.4, 0.5) is 5.69 Å². The fourth-order valence-electron chi connectivity index (χ4n) is 3.20. The van der Waals surface area contributed by atoms with Gasteiger partial charge in [0.1, 0.15) is 17.4 Å². The highest BCUT2D eigenvalue weighted by molar-refractivity contribution is 5.88. The molecule has 0 radical (unpaired) electrons. The molecule has 0 fully saturated rings. The van der Waals surface area contributed by atoms with Gasteiger partial charge in [0.15, 0.2) is 0 Å². The van der Waals surface area contributed by atoms with E-state index in [0.29, 0.717) is 12.2 Å². The van der Waals surface area contributed by atoms with Crippen molar-refractivity contribution < 1.29 is 10.0 Å². The maximum atomic E-state index is 11.2. The molecule has 0 aliphatic carbocycles. The lowest BCUT2D eigenvalue weighted by Crippen LogP contribution is -2.27. The number of imidazole rings is 1. The Hall–Kier alpha value is -2.94. The third-order valence-corrected chi connectivity index (χ3v) is 4.48. The highest BCUT2D eigenvalue weighted by Gasteiger charge is 2.30. The fourth-order valence-corrected chi connectivity index (χ4v) is 3.20. The average Bonchev–Trinajstić information content (AvgIpc) is 3.25. The molecule has 1 amide bonds. The molecule has 0 bridgehead atoms. The van der Waals surface area contributed by atoms with E-state index in [1.807, 2.05) is 42.2 Å². The quantitative estimate of drug-likeness (QED) is 0.534. The Morgan fingerprint density at radius 1 is 1.44 bits per heavy atom. The zero-order valence-electron chi connectivity index (χ0n) is 16.0. The van der Waals surface area contributed by atoms with Crippen molar-refractivity contribution in [2.45, 2.75) is 26.3 Å². The molecule has 1 aliphatic heterocycles. The number of benzene rings is 1. The minimum Gasteiger partial charge on any atom is -0.376 e. The number of rotatable bonds is 6. The maximum Gasteiger partial charge on any atom is 0.247 e. The molecule has 1 aliphatic rings.